The number of benzene rings is 2. The Morgan fingerprint density at radius 3 is 2.69 bits per heavy atom. The van der Waals surface area contributed by atoms with E-state index < -0.39 is 0 Å². The molecule has 1 aliphatic rings. The maximum atomic E-state index is 13.4. The molecular formula is C27H30N6O2S. The number of thioether (sulfide) groups is 1. The highest BCUT2D eigenvalue weighted by Gasteiger charge is 2.29. The van der Waals surface area contributed by atoms with Crippen molar-refractivity contribution in [2.24, 2.45) is 0 Å². The van der Waals surface area contributed by atoms with E-state index in [2.05, 4.69) is 35.2 Å². The van der Waals surface area contributed by atoms with Gasteiger partial charge in [0.1, 0.15) is 5.39 Å². The van der Waals surface area contributed by atoms with Gasteiger partial charge in [0.15, 0.2) is 10.8 Å². The van der Waals surface area contributed by atoms with Crippen molar-refractivity contribution in [1.29, 1.82) is 0 Å². The van der Waals surface area contributed by atoms with Crippen LogP contribution in [0.4, 0.5) is 11.4 Å². The average molecular weight is 503 g/mol. The third kappa shape index (κ3) is 4.39. The van der Waals surface area contributed by atoms with Crippen LogP contribution < -0.4 is 15.8 Å². The first kappa shape index (κ1) is 24.1. The Labute approximate surface area is 214 Å². The van der Waals surface area contributed by atoms with Gasteiger partial charge in [-0.15, -0.1) is 0 Å². The first-order chi connectivity index (χ1) is 17.4. The van der Waals surface area contributed by atoms with Crippen molar-refractivity contribution in [3.8, 4) is 5.69 Å². The van der Waals surface area contributed by atoms with E-state index in [1.165, 1.54) is 11.8 Å². The molecule has 5 rings (SSSR count). The summed E-state index contributed by atoms with van der Waals surface area (Å²) in [6.45, 7) is 10.1. The number of hydrogen-bond acceptors (Lipinski definition) is 6. The monoisotopic (exact) mass is 502 g/mol. The number of carbonyl (C=O) groups excluding carboxylic acids is 1. The topological polar surface area (TPSA) is 85.1 Å². The standard InChI is InChI=1S/C27H30N6O2S/c1-5-31(6-2)19-10-11-23(18(4)13-19)29-24(34)14-21-16-36-27-30-25-22(26(35)32(21)27)15-28-33(25)20-9-7-8-17(3)12-20/h7-13,15,21H,5-6,14,16H2,1-4H3,(H,29,34). The number of amides is 1. The van der Waals surface area contributed by atoms with E-state index in [1.54, 1.807) is 15.4 Å². The lowest BCUT2D eigenvalue weighted by Crippen LogP contribution is -2.28. The zero-order chi connectivity index (χ0) is 25.4. The Hall–Kier alpha value is -3.59. The smallest absolute Gasteiger partial charge is 0.265 e. The first-order valence-corrected chi connectivity index (χ1v) is 13.2. The minimum absolute atomic E-state index is 0.116. The summed E-state index contributed by atoms with van der Waals surface area (Å²) in [5.74, 6) is 0.509. The van der Waals surface area contributed by atoms with Gasteiger partial charge in [0.25, 0.3) is 5.56 Å². The summed E-state index contributed by atoms with van der Waals surface area (Å²) in [5.41, 5.74) is 5.30. The van der Waals surface area contributed by atoms with Crippen molar-refractivity contribution in [1.82, 2.24) is 19.3 Å². The molecule has 8 nitrogen and oxygen atoms in total. The Kier molecular flexibility index (Phi) is 6.57. The molecule has 1 amide bonds. The number of aryl methyl sites for hydroxylation is 2. The predicted octanol–water partition coefficient (Wildman–Crippen LogP) is 4.72. The number of hydrogen-bond donors (Lipinski definition) is 1. The first-order valence-electron chi connectivity index (χ1n) is 12.2. The number of anilines is 2. The fourth-order valence-corrected chi connectivity index (χ4v) is 5.85. The fourth-order valence-electron chi connectivity index (χ4n) is 4.72. The van der Waals surface area contributed by atoms with Crippen molar-refractivity contribution in [3.05, 3.63) is 70.1 Å². The van der Waals surface area contributed by atoms with Crippen molar-refractivity contribution in [2.45, 2.75) is 45.3 Å². The summed E-state index contributed by atoms with van der Waals surface area (Å²) in [4.78, 5) is 33.4. The lowest BCUT2D eigenvalue weighted by atomic mass is 10.1. The SMILES string of the molecule is CCN(CC)c1ccc(NC(=O)CC2CSc3nc4c(cnn4-c4cccc(C)c4)c(=O)n32)c(C)c1. The molecule has 0 fully saturated rings. The fraction of sp³-hybridized carbons (Fsp3) is 0.333. The zero-order valence-corrected chi connectivity index (χ0v) is 21.8. The molecule has 9 heteroatoms. The number of aromatic nitrogens is 4. The number of carbonyl (C=O) groups is 1. The van der Waals surface area contributed by atoms with Gasteiger partial charge in [0, 0.05) is 36.6 Å². The second-order valence-electron chi connectivity index (χ2n) is 9.09. The molecule has 36 heavy (non-hydrogen) atoms. The van der Waals surface area contributed by atoms with Gasteiger partial charge < -0.3 is 10.2 Å². The highest BCUT2D eigenvalue weighted by atomic mass is 32.2. The largest absolute Gasteiger partial charge is 0.372 e. The molecule has 0 aliphatic carbocycles. The lowest BCUT2D eigenvalue weighted by molar-refractivity contribution is -0.116. The number of rotatable bonds is 7. The second-order valence-corrected chi connectivity index (χ2v) is 10.1. The van der Waals surface area contributed by atoms with E-state index in [0.717, 1.165) is 41.3 Å². The van der Waals surface area contributed by atoms with Gasteiger partial charge in [-0.25, -0.2) is 9.67 Å². The molecule has 1 N–H and O–H groups in total. The van der Waals surface area contributed by atoms with Gasteiger partial charge in [0.2, 0.25) is 5.91 Å². The highest BCUT2D eigenvalue weighted by molar-refractivity contribution is 7.99. The normalized spacial score (nSPS) is 14.7. The molecule has 1 unspecified atom stereocenters. The van der Waals surface area contributed by atoms with Crippen LogP contribution >= 0.6 is 11.8 Å². The van der Waals surface area contributed by atoms with E-state index in [4.69, 9.17) is 4.98 Å². The molecule has 0 radical (unpaired) electrons. The molecule has 2 aromatic carbocycles. The Balaban J connectivity index is 1.37. The van der Waals surface area contributed by atoms with Crippen LogP contribution in [0.5, 0.6) is 0 Å². The quantitative estimate of drug-likeness (QED) is 0.368. The molecular weight excluding hydrogens is 472 g/mol. The summed E-state index contributed by atoms with van der Waals surface area (Å²) in [7, 11) is 0. The summed E-state index contributed by atoms with van der Waals surface area (Å²) in [6, 6.07) is 13.8. The van der Waals surface area contributed by atoms with E-state index in [1.807, 2.05) is 50.2 Å². The average Bonchev–Trinajstić information content (AvgIpc) is 3.46. The van der Waals surface area contributed by atoms with Gasteiger partial charge in [-0.2, -0.15) is 5.10 Å². The molecule has 4 aromatic rings. The molecule has 0 saturated heterocycles. The Bertz CT molecular complexity index is 1500. The van der Waals surface area contributed by atoms with Crippen LogP contribution in [-0.4, -0.2) is 44.1 Å². The van der Waals surface area contributed by atoms with Crippen LogP contribution in [0.15, 0.2) is 58.6 Å². The van der Waals surface area contributed by atoms with Gasteiger partial charge >= 0.3 is 0 Å². The third-order valence-electron chi connectivity index (χ3n) is 6.65. The zero-order valence-electron chi connectivity index (χ0n) is 21.0. The van der Waals surface area contributed by atoms with Gasteiger partial charge in [-0.05, 0) is 69.2 Å². The lowest BCUT2D eigenvalue weighted by Gasteiger charge is -2.22. The molecule has 3 heterocycles. The third-order valence-corrected chi connectivity index (χ3v) is 7.75. The minimum Gasteiger partial charge on any atom is -0.372 e. The predicted molar refractivity (Wildman–Crippen MR) is 146 cm³/mol. The van der Waals surface area contributed by atoms with E-state index in [0.29, 0.717) is 21.9 Å². The maximum absolute atomic E-state index is 13.4. The number of nitrogens with zero attached hydrogens (tertiary/aromatic N) is 5. The van der Waals surface area contributed by atoms with E-state index >= 15 is 0 Å². The van der Waals surface area contributed by atoms with Gasteiger partial charge in [0.05, 0.1) is 17.9 Å². The van der Waals surface area contributed by atoms with Crippen molar-refractivity contribution in [3.63, 3.8) is 0 Å². The molecule has 0 bridgehead atoms. The van der Waals surface area contributed by atoms with Gasteiger partial charge in [-0.3, -0.25) is 14.2 Å². The molecule has 186 valence electrons. The Morgan fingerprint density at radius 2 is 1.97 bits per heavy atom. The van der Waals surface area contributed by atoms with Crippen LogP contribution in [0.1, 0.15) is 37.4 Å². The number of nitrogens with one attached hydrogen (secondary N) is 1. The molecule has 1 aliphatic heterocycles. The summed E-state index contributed by atoms with van der Waals surface area (Å²) < 4.78 is 3.36. The van der Waals surface area contributed by atoms with Crippen LogP contribution in [0.25, 0.3) is 16.7 Å². The van der Waals surface area contributed by atoms with Gasteiger partial charge in [-0.1, -0.05) is 23.9 Å². The van der Waals surface area contributed by atoms with Crippen LogP contribution in [0.3, 0.4) is 0 Å². The minimum atomic E-state index is -0.257. The van der Waals surface area contributed by atoms with Crippen LogP contribution in [0.2, 0.25) is 0 Å². The molecule has 0 spiro atoms. The maximum Gasteiger partial charge on any atom is 0.265 e. The summed E-state index contributed by atoms with van der Waals surface area (Å²) in [5, 5.41) is 8.56. The van der Waals surface area contributed by atoms with Crippen molar-refractivity contribution in [2.75, 3.05) is 29.1 Å². The number of fused-ring (bicyclic) bond motifs is 2. The highest BCUT2D eigenvalue weighted by Crippen LogP contribution is 2.34. The molecule has 1 atom stereocenters. The molecule has 0 saturated carbocycles. The van der Waals surface area contributed by atoms with E-state index in [9.17, 15) is 9.59 Å². The van der Waals surface area contributed by atoms with E-state index in [-0.39, 0.29) is 23.9 Å². The Morgan fingerprint density at radius 1 is 1.17 bits per heavy atom. The van der Waals surface area contributed by atoms with Crippen molar-refractivity contribution >= 4 is 40.1 Å². The summed E-state index contributed by atoms with van der Waals surface area (Å²) >= 11 is 1.50. The summed E-state index contributed by atoms with van der Waals surface area (Å²) in [6.07, 6.45) is 1.78. The molecule has 2 aromatic heterocycles. The van der Waals surface area contributed by atoms with Crippen LogP contribution in [0, 0.1) is 13.8 Å². The second kappa shape index (κ2) is 9.81. The van der Waals surface area contributed by atoms with Crippen LogP contribution in [-0.2, 0) is 4.79 Å². The van der Waals surface area contributed by atoms with Crippen molar-refractivity contribution < 1.29 is 4.79 Å².